The van der Waals surface area contributed by atoms with Gasteiger partial charge in [-0.05, 0) is 37.5 Å². The molecule has 0 bridgehead atoms. The highest BCUT2D eigenvalue weighted by Crippen LogP contribution is 2.51. The van der Waals surface area contributed by atoms with Crippen LogP contribution in [-0.2, 0) is 10.3 Å². The van der Waals surface area contributed by atoms with Crippen LogP contribution in [-0.4, -0.2) is 6.10 Å². The van der Waals surface area contributed by atoms with Crippen molar-refractivity contribution in [2.75, 3.05) is 0 Å². The Labute approximate surface area is 92.5 Å². The number of nitrogens with two attached hydrogens (primary N) is 1. The van der Waals surface area contributed by atoms with Gasteiger partial charge < -0.3 is 4.84 Å². The summed E-state index contributed by atoms with van der Waals surface area (Å²) in [6, 6.07) is 8.43. The molecule has 0 radical (unpaired) electrons. The zero-order valence-corrected chi connectivity index (χ0v) is 9.75. The summed E-state index contributed by atoms with van der Waals surface area (Å²) >= 11 is 3.43. The van der Waals surface area contributed by atoms with Gasteiger partial charge in [0.2, 0.25) is 0 Å². The molecule has 1 unspecified atom stereocenters. The zero-order chi connectivity index (χ0) is 10.2. The molecule has 2 N–H and O–H groups in total. The summed E-state index contributed by atoms with van der Waals surface area (Å²) < 4.78 is 1.11. The smallest absolute Gasteiger partial charge is 0.0855 e. The van der Waals surface area contributed by atoms with Gasteiger partial charge in [-0.1, -0.05) is 28.1 Å². The van der Waals surface area contributed by atoms with Crippen LogP contribution in [0.15, 0.2) is 28.7 Å². The minimum Gasteiger partial charge on any atom is -0.301 e. The normalized spacial score (nSPS) is 20.5. The molecule has 3 heteroatoms. The van der Waals surface area contributed by atoms with Crippen LogP contribution in [0.2, 0.25) is 0 Å². The maximum absolute atomic E-state index is 5.26. The quantitative estimate of drug-likeness (QED) is 0.844. The predicted molar refractivity (Wildman–Crippen MR) is 59.8 cm³/mol. The van der Waals surface area contributed by atoms with Crippen LogP contribution in [0.4, 0.5) is 0 Å². The molecule has 1 atom stereocenters. The van der Waals surface area contributed by atoms with Crippen molar-refractivity contribution in [3.8, 4) is 0 Å². The first-order valence-electron chi connectivity index (χ1n) is 4.80. The van der Waals surface area contributed by atoms with E-state index >= 15 is 0 Å². The standard InChI is InChI=1S/C11H14BrNO/c1-8(14-13)11(6-7-11)9-2-4-10(12)5-3-9/h2-5,8H,6-7,13H2,1H3. The van der Waals surface area contributed by atoms with Gasteiger partial charge in [-0.15, -0.1) is 0 Å². The lowest BCUT2D eigenvalue weighted by atomic mass is 9.91. The van der Waals surface area contributed by atoms with Crippen LogP contribution in [0.1, 0.15) is 25.3 Å². The van der Waals surface area contributed by atoms with E-state index in [1.165, 1.54) is 18.4 Å². The number of rotatable bonds is 3. The molecular formula is C11H14BrNO. The van der Waals surface area contributed by atoms with Crippen LogP contribution >= 0.6 is 15.9 Å². The van der Waals surface area contributed by atoms with Crippen molar-refractivity contribution in [2.24, 2.45) is 5.90 Å². The lowest BCUT2D eigenvalue weighted by molar-refractivity contribution is 0.0388. The Morgan fingerprint density at radius 1 is 1.36 bits per heavy atom. The molecule has 0 spiro atoms. The lowest BCUT2D eigenvalue weighted by Gasteiger charge is -2.21. The SMILES string of the molecule is CC(ON)C1(c2ccc(Br)cc2)CC1. The monoisotopic (exact) mass is 255 g/mol. The fourth-order valence-corrected chi connectivity index (χ4v) is 2.24. The molecule has 0 heterocycles. The highest BCUT2D eigenvalue weighted by atomic mass is 79.9. The Kier molecular flexibility index (Phi) is 2.64. The van der Waals surface area contributed by atoms with Crippen molar-refractivity contribution >= 4 is 15.9 Å². The number of hydrogen-bond acceptors (Lipinski definition) is 2. The zero-order valence-electron chi connectivity index (χ0n) is 8.16. The minimum absolute atomic E-state index is 0.101. The van der Waals surface area contributed by atoms with Crippen molar-refractivity contribution in [3.05, 3.63) is 34.3 Å². The molecule has 0 aliphatic heterocycles. The fraction of sp³-hybridized carbons (Fsp3) is 0.455. The second-order valence-corrected chi connectivity index (χ2v) is 4.86. The van der Waals surface area contributed by atoms with Crippen LogP contribution in [0.5, 0.6) is 0 Å². The summed E-state index contributed by atoms with van der Waals surface area (Å²) in [4.78, 5) is 4.95. The minimum atomic E-state index is 0.101. The third kappa shape index (κ3) is 1.60. The Balaban J connectivity index is 2.26. The van der Waals surface area contributed by atoms with Gasteiger partial charge in [-0.2, -0.15) is 0 Å². The van der Waals surface area contributed by atoms with Gasteiger partial charge in [0, 0.05) is 9.89 Å². The van der Waals surface area contributed by atoms with E-state index in [4.69, 9.17) is 10.7 Å². The first-order chi connectivity index (χ1) is 6.69. The molecule has 0 amide bonds. The molecule has 2 nitrogen and oxygen atoms in total. The van der Waals surface area contributed by atoms with E-state index in [9.17, 15) is 0 Å². The van der Waals surface area contributed by atoms with Gasteiger partial charge in [0.05, 0.1) is 6.10 Å². The molecule has 2 rings (SSSR count). The maximum Gasteiger partial charge on any atom is 0.0855 e. The highest BCUT2D eigenvalue weighted by molar-refractivity contribution is 9.10. The van der Waals surface area contributed by atoms with E-state index in [0.717, 1.165) is 4.47 Å². The lowest BCUT2D eigenvalue weighted by Crippen LogP contribution is -2.28. The third-order valence-electron chi connectivity index (χ3n) is 3.19. The average molecular weight is 256 g/mol. The summed E-state index contributed by atoms with van der Waals surface area (Å²) in [6.07, 6.45) is 2.45. The van der Waals surface area contributed by atoms with Crippen LogP contribution < -0.4 is 5.90 Å². The topological polar surface area (TPSA) is 35.2 Å². The second-order valence-electron chi connectivity index (χ2n) is 3.94. The fourth-order valence-electron chi connectivity index (χ4n) is 1.98. The number of benzene rings is 1. The van der Waals surface area contributed by atoms with E-state index < -0.39 is 0 Å². The molecule has 1 saturated carbocycles. The molecule has 1 fully saturated rings. The molecule has 1 aliphatic rings. The Morgan fingerprint density at radius 2 is 1.93 bits per heavy atom. The van der Waals surface area contributed by atoms with Crippen molar-refractivity contribution < 1.29 is 4.84 Å². The molecule has 76 valence electrons. The molecule has 1 aromatic carbocycles. The second kappa shape index (κ2) is 3.65. The Hall–Kier alpha value is -0.380. The van der Waals surface area contributed by atoms with Crippen molar-refractivity contribution in [3.63, 3.8) is 0 Å². The molecule has 1 aliphatic carbocycles. The van der Waals surface area contributed by atoms with Crippen LogP contribution in [0.3, 0.4) is 0 Å². The van der Waals surface area contributed by atoms with E-state index in [2.05, 4.69) is 40.2 Å². The van der Waals surface area contributed by atoms with Crippen molar-refractivity contribution in [1.29, 1.82) is 0 Å². The number of hydrogen-bond donors (Lipinski definition) is 1. The Morgan fingerprint density at radius 3 is 2.36 bits per heavy atom. The van der Waals surface area contributed by atoms with Gasteiger partial charge in [-0.25, -0.2) is 5.90 Å². The van der Waals surface area contributed by atoms with Gasteiger partial charge in [0.1, 0.15) is 0 Å². The first-order valence-corrected chi connectivity index (χ1v) is 5.60. The van der Waals surface area contributed by atoms with E-state index in [1.54, 1.807) is 0 Å². The predicted octanol–water partition coefficient (Wildman–Crippen LogP) is 2.76. The van der Waals surface area contributed by atoms with Crippen LogP contribution in [0.25, 0.3) is 0 Å². The number of halogens is 1. The average Bonchev–Trinajstić information content (AvgIpc) is 2.99. The van der Waals surface area contributed by atoms with E-state index in [1.807, 2.05) is 6.92 Å². The van der Waals surface area contributed by atoms with Gasteiger partial charge in [-0.3, -0.25) is 0 Å². The summed E-state index contributed by atoms with van der Waals surface area (Å²) in [6.45, 7) is 2.04. The van der Waals surface area contributed by atoms with Crippen molar-refractivity contribution in [1.82, 2.24) is 0 Å². The summed E-state index contributed by atoms with van der Waals surface area (Å²) in [5.74, 6) is 5.26. The molecular weight excluding hydrogens is 242 g/mol. The van der Waals surface area contributed by atoms with Gasteiger partial charge >= 0.3 is 0 Å². The van der Waals surface area contributed by atoms with Gasteiger partial charge in [0.25, 0.3) is 0 Å². The molecule has 0 saturated heterocycles. The van der Waals surface area contributed by atoms with Gasteiger partial charge in [0.15, 0.2) is 0 Å². The van der Waals surface area contributed by atoms with E-state index in [0.29, 0.717) is 0 Å². The highest BCUT2D eigenvalue weighted by Gasteiger charge is 2.49. The largest absolute Gasteiger partial charge is 0.301 e. The van der Waals surface area contributed by atoms with Crippen LogP contribution in [0, 0.1) is 0 Å². The summed E-state index contributed by atoms with van der Waals surface area (Å²) in [7, 11) is 0. The Bertz CT molecular complexity index is 319. The first kappa shape index (κ1) is 10.1. The summed E-state index contributed by atoms with van der Waals surface area (Å²) in [5, 5.41) is 0. The third-order valence-corrected chi connectivity index (χ3v) is 3.72. The maximum atomic E-state index is 5.26. The van der Waals surface area contributed by atoms with Crippen molar-refractivity contribution in [2.45, 2.75) is 31.3 Å². The molecule has 0 aromatic heterocycles. The molecule has 14 heavy (non-hydrogen) atoms. The summed E-state index contributed by atoms with van der Waals surface area (Å²) in [5.41, 5.74) is 1.51. The van der Waals surface area contributed by atoms with E-state index in [-0.39, 0.29) is 11.5 Å². The molecule has 1 aromatic rings.